The molecule has 0 unspecified atom stereocenters. The normalized spacial score (nSPS) is 15.1. The van der Waals surface area contributed by atoms with E-state index < -0.39 is 0 Å². The van der Waals surface area contributed by atoms with Crippen molar-refractivity contribution in [1.82, 2.24) is 10.6 Å². The lowest BCUT2D eigenvalue weighted by Gasteiger charge is -2.27. The van der Waals surface area contributed by atoms with Gasteiger partial charge in [0.25, 0.3) is 0 Å². The van der Waals surface area contributed by atoms with E-state index in [1.54, 1.807) is 14.2 Å². The summed E-state index contributed by atoms with van der Waals surface area (Å²) in [5.74, 6) is 2.55. The number of guanidine groups is 1. The van der Waals surface area contributed by atoms with Crippen molar-refractivity contribution in [2.45, 2.75) is 38.5 Å². The average molecular weight is 348 g/mol. The number of rotatable bonds is 10. The fourth-order valence-corrected chi connectivity index (χ4v) is 2.59. The molecule has 1 aromatic carbocycles. The van der Waals surface area contributed by atoms with E-state index in [2.05, 4.69) is 41.6 Å². The van der Waals surface area contributed by atoms with Crippen LogP contribution in [0.3, 0.4) is 0 Å². The number of methoxy groups -OCH3 is 1. The molecule has 0 bridgehead atoms. The highest BCUT2D eigenvalue weighted by molar-refractivity contribution is 5.79. The molecule has 1 aliphatic rings. The summed E-state index contributed by atoms with van der Waals surface area (Å²) >= 11 is 0. The molecule has 2 rings (SSSR count). The molecule has 0 heterocycles. The first-order chi connectivity index (χ1) is 12.0. The highest BCUT2D eigenvalue weighted by Crippen LogP contribution is 2.28. The molecule has 2 N–H and O–H groups in total. The van der Waals surface area contributed by atoms with Crippen molar-refractivity contribution in [2.24, 2.45) is 10.9 Å². The molecule has 0 amide bonds. The van der Waals surface area contributed by atoms with Gasteiger partial charge in [-0.1, -0.05) is 26.0 Å². The van der Waals surface area contributed by atoms with Crippen LogP contribution in [0.4, 0.5) is 0 Å². The largest absolute Gasteiger partial charge is 0.497 e. The van der Waals surface area contributed by atoms with Crippen LogP contribution < -0.4 is 15.4 Å². The van der Waals surface area contributed by atoms with Gasteiger partial charge in [0.05, 0.1) is 7.11 Å². The van der Waals surface area contributed by atoms with E-state index in [4.69, 9.17) is 9.47 Å². The first-order valence-electron chi connectivity index (χ1n) is 9.22. The highest BCUT2D eigenvalue weighted by atomic mass is 16.5. The third kappa shape index (κ3) is 6.94. The average Bonchev–Trinajstić information content (AvgIpc) is 3.45. The lowest BCUT2D eigenvalue weighted by Crippen LogP contribution is -2.43. The second-order valence-electron chi connectivity index (χ2n) is 7.34. The van der Waals surface area contributed by atoms with Gasteiger partial charge in [-0.25, -0.2) is 0 Å². The van der Waals surface area contributed by atoms with E-state index in [0.717, 1.165) is 50.4 Å². The Morgan fingerprint density at radius 3 is 2.76 bits per heavy atom. The SMILES string of the molecule is CN=C(NCCCOCC1CC1)NCC(C)(C)c1cccc(OC)c1. The summed E-state index contributed by atoms with van der Waals surface area (Å²) in [6.45, 7) is 7.83. The maximum absolute atomic E-state index is 5.65. The minimum Gasteiger partial charge on any atom is -0.497 e. The van der Waals surface area contributed by atoms with Gasteiger partial charge in [0, 0.05) is 38.8 Å². The number of hydrogen-bond donors (Lipinski definition) is 2. The molecule has 5 heteroatoms. The van der Waals surface area contributed by atoms with E-state index in [1.165, 1.54) is 18.4 Å². The number of hydrogen-bond acceptors (Lipinski definition) is 3. The van der Waals surface area contributed by atoms with Gasteiger partial charge in [0.1, 0.15) is 5.75 Å². The van der Waals surface area contributed by atoms with Gasteiger partial charge in [-0.05, 0) is 42.9 Å². The van der Waals surface area contributed by atoms with Crippen LogP contribution in [0.2, 0.25) is 0 Å². The summed E-state index contributed by atoms with van der Waals surface area (Å²) in [5, 5.41) is 6.78. The van der Waals surface area contributed by atoms with Crippen molar-refractivity contribution in [3.05, 3.63) is 29.8 Å². The summed E-state index contributed by atoms with van der Waals surface area (Å²) in [7, 11) is 3.50. The van der Waals surface area contributed by atoms with Crippen LogP contribution >= 0.6 is 0 Å². The summed E-state index contributed by atoms with van der Waals surface area (Å²) in [5.41, 5.74) is 1.21. The van der Waals surface area contributed by atoms with Crippen LogP contribution in [0.15, 0.2) is 29.3 Å². The number of nitrogens with zero attached hydrogens (tertiary/aromatic N) is 1. The van der Waals surface area contributed by atoms with Crippen LogP contribution in [-0.4, -0.2) is 46.4 Å². The Hall–Kier alpha value is -1.75. The molecule has 0 aromatic heterocycles. The van der Waals surface area contributed by atoms with Crippen molar-refractivity contribution in [2.75, 3.05) is 40.5 Å². The van der Waals surface area contributed by atoms with Crippen LogP contribution in [0.1, 0.15) is 38.7 Å². The van der Waals surface area contributed by atoms with Crippen molar-refractivity contribution in [3.63, 3.8) is 0 Å². The molecule has 1 saturated carbocycles. The van der Waals surface area contributed by atoms with Gasteiger partial charge < -0.3 is 20.1 Å². The predicted octanol–water partition coefficient (Wildman–Crippen LogP) is 2.95. The van der Waals surface area contributed by atoms with Crippen molar-refractivity contribution in [3.8, 4) is 5.75 Å². The van der Waals surface area contributed by atoms with E-state index in [-0.39, 0.29) is 5.41 Å². The van der Waals surface area contributed by atoms with Crippen molar-refractivity contribution in [1.29, 1.82) is 0 Å². The Morgan fingerprint density at radius 2 is 2.08 bits per heavy atom. The second kappa shape index (κ2) is 9.66. The second-order valence-corrected chi connectivity index (χ2v) is 7.34. The zero-order chi connectivity index (χ0) is 18.1. The maximum atomic E-state index is 5.65. The lowest BCUT2D eigenvalue weighted by atomic mass is 9.84. The molecule has 0 radical (unpaired) electrons. The first-order valence-corrected chi connectivity index (χ1v) is 9.22. The predicted molar refractivity (Wildman–Crippen MR) is 104 cm³/mol. The van der Waals surface area contributed by atoms with E-state index in [1.807, 2.05) is 12.1 Å². The van der Waals surface area contributed by atoms with E-state index in [9.17, 15) is 0 Å². The molecule has 140 valence electrons. The number of nitrogens with one attached hydrogen (secondary N) is 2. The quantitative estimate of drug-likeness (QED) is 0.388. The minimum absolute atomic E-state index is 0.0282. The van der Waals surface area contributed by atoms with Crippen LogP contribution in [0, 0.1) is 5.92 Å². The van der Waals surface area contributed by atoms with Gasteiger partial charge in [-0.2, -0.15) is 0 Å². The smallest absolute Gasteiger partial charge is 0.191 e. The molecule has 0 aliphatic heterocycles. The Balaban J connectivity index is 1.70. The number of ether oxygens (including phenoxy) is 2. The minimum atomic E-state index is -0.0282. The first kappa shape index (κ1) is 19.6. The lowest BCUT2D eigenvalue weighted by molar-refractivity contribution is 0.123. The van der Waals surface area contributed by atoms with Gasteiger partial charge in [-0.3, -0.25) is 4.99 Å². The number of aliphatic imine (C=N–C) groups is 1. The van der Waals surface area contributed by atoms with Crippen LogP contribution in [-0.2, 0) is 10.2 Å². The standard InChI is InChI=1S/C20H33N3O2/c1-20(2,17-7-5-8-18(13-17)24-4)15-23-19(21-3)22-11-6-12-25-14-16-9-10-16/h5,7-8,13,16H,6,9-12,14-15H2,1-4H3,(H2,21,22,23). The van der Waals surface area contributed by atoms with E-state index in [0.29, 0.717) is 0 Å². The molecule has 1 aromatic rings. The molecule has 0 spiro atoms. The summed E-state index contributed by atoms with van der Waals surface area (Å²) < 4.78 is 11.0. The monoisotopic (exact) mass is 347 g/mol. The molecule has 5 nitrogen and oxygen atoms in total. The third-order valence-corrected chi connectivity index (χ3v) is 4.58. The van der Waals surface area contributed by atoms with Gasteiger partial charge in [0.15, 0.2) is 5.96 Å². The van der Waals surface area contributed by atoms with Gasteiger partial charge in [0.2, 0.25) is 0 Å². The van der Waals surface area contributed by atoms with Crippen LogP contribution in [0.5, 0.6) is 5.75 Å². The fraction of sp³-hybridized carbons (Fsp3) is 0.650. The third-order valence-electron chi connectivity index (χ3n) is 4.58. The zero-order valence-electron chi connectivity index (χ0n) is 16.1. The molecule has 1 aliphatic carbocycles. The summed E-state index contributed by atoms with van der Waals surface area (Å²) in [6, 6.07) is 8.23. The Morgan fingerprint density at radius 1 is 1.28 bits per heavy atom. The van der Waals surface area contributed by atoms with Gasteiger partial charge in [-0.15, -0.1) is 0 Å². The van der Waals surface area contributed by atoms with Crippen molar-refractivity contribution < 1.29 is 9.47 Å². The molecular weight excluding hydrogens is 314 g/mol. The van der Waals surface area contributed by atoms with Gasteiger partial charge >= 0.3 is 0 Å². The zero-order valence-corrected chi connectivity index (χ0v) is 16.1. The Labute approximate surface area is 152 Å². The topological polar surface area (TPSA) is 54.9 Å². The molecule has 1 fully saturated rings. The summed E-state index contributed by atoms with van der Waals surface area (Å²) in [6.07, 6.45) is 3.68. The molecular formula is C20H33N3O2. The van der Waals surface area contributed by atoms with Crippen LogP contribution in [0.25, 0.3) is 0 Å². The number of benzene rings is 1. The fourth-order valence-electron chi connectivity index (χ4n) is 2.59. The van der Waals surface area contributed by atoms with E-state index >= 15 is 0 Å². The Bertz CT molecular complexity index is 554. The summed E-state index contributed by atoms with van der Waals surface area (Å²) in [4.78, 5) is 4.30. The van der Waals surface area contributed by atoms with Crippen molar-refractivity contribution >= 4 is 5.96 Å². The maximum Gasteiger partial charge on any atom is 0.191 e. The molecule has 25 heavy (non-hydrogen) atoms. The highest BCUT2D eigenvalue weighted by Gasteiger charge is 2.22. The Kier molecular flexibility index (Phi) is 7.56. The molecule has 0 atom stereocenters. The molecule has 0 saturated heterocycles.